The van der Waals surface area contributed by atoms with Gasteiger partial charge in [-0.05, 0) is 36.2 Å². The van der Waals surface area contributed by atoms with E-state index in [0.717, 1.165) is 23.5 Å². The number of anilines is 2. The quantitative estimate of drug-likeness (QED) is 0.852. The molecule has 0 fully saturated rings. The van der Waals surface area contributed by atoms with Crippen molar-refractivity contribution in [2.75, 3.05) is 12.4 Å². The summed E-state index contributed by atoms with van der Waals surface area (Å²) in [5.41, 5.74) is 3.34. The maximum Gasteiger partial charge on any atom is 0.142 e. The van der Waals surface area contributed by atoms with Crippen molar-refractivity contribution in [2.45, 2.75) is 13.3 Å². The van der Waals surface area contributed by atoms with Crippen molar-refractivity contribution in [3.8, 4) is 5.75 Å². The van der Waals surface area contributed by atoms with Gasteiger partial charge in [-0.25, -0.2) is 0 Å². The Kier molecular flexibility index (Phi) is 3.66. The molecule has 1 N–H and O–H groups in total. The van der Waals surface area contributed by atoms with Gasteiger partial charge in [0, 0.05) is 5.69 Å². The number of benzene rings is 2. The van der Waals surface area contributed by atoms with Gasteiger partial charge in [0.1, 0.15) is 5.75 Å². The van der Waals surface area contributed by atoms with Crippen LogP contribution in [-0.4, -0.2) is 7.11 Å². The summed E-state index contributed by atoms with van der Waals surface area (Å²) in [5, 5.41) is 3.35. The summed E-state index contributed by atoms with van der Waals surface area (Å²) >= 11 is 0. The molecule has 2 heteroatoms. The summed E-state index contributed by atoms with van der Waals surface area (Å²) in [6, 6.07) is 16.3. The average molecular weight is 227 g/mol. The molecule has 0 aliphatic carbocycles. The maximum absolute atomic E-state index is 5.40. The highest BCUT2D eigenvalue weighted by molar-refractivity contribution is 5.66. The van der Waals surface area contributed by atoms with E-state index in [1.807, 2.05) is 30.3 Å². The lowest BCUT2D eigenvalue weighted by Crippen LogP contribution is -1.95. The number of hydrogen-bond donors (Lipinski definition) is 1. The number of rotatable bonds is 4. The number of ether oxygens (including phenoxy) is 1. The molecule has 0 heterocycles. The highest BCUT2D eigenvalue weighted by Crippen LogP contribution is 2.28. The summed E-state index contributed by atoms with van der Waals surface area (Å²) in [7, 11) is 1.70. The van der Waals surface area contributed by atoms with Crippen molar-refractivity contribution in [3.63, 3.8) is 0 Å². The van der Waals surface area contributed by atoms with Crippen LogP contribution in [0.3, 0.4) is 0 Å². The first-order valence-electron chi connectivity index (χ1n) is 5.82. The normalized spacial score (nSPS) is 10.0. The Morgan fingerprint density at radius 2 is 1.82 bits per heavy atom. The van der Waals surface area contributed by atoms with E-state index >= 15 is 0 Å². The first kappa shape index (κ1) is 11.5. The number of nitrogens with one attached hydrogen (secondary N) is 1. The topological polar surface area (TPSA) is 21.3 Å². The van der Waals surface area contributed by atoms with Crippen LogP contribution in [0.25, 0.3) is 0 Å². The minimum atomic E-state index is 0.883. The summed E-state index contributed by atoms with van der Waals surface area (Å²) in [4.78, 5) is 0. The molecule has 0 unspecified atom stereocenters. The van der Waals surface area contributed by atoms with E-state index in [1.165, 1.54) is 5.56 Å². The molecule has 2 aromatic rings. The first-order valence-corrected chi connectivity index (χ1v) is 5.82. The molecule has 0 saturated heterocycles. The van der Waals surface area contributed by atoms with E-state index in [2.05, 4.69) is 30.4 Å². The average Bonchev–Trinajstić information content (AvgIpc) is 2.40. The van der Waals surface area contributed by atoms with Gasteiger partial charge in [0.15, 0.2) is 0 Å². The monoisotopic (exact) mass is 227 g/mol. The van der Waals surface area contributed by atoms with Gasteiger partial charge in [0.25, 0.3) is 0 Å². The first-order chi connectivity index (χ1) is 8.33. The molecule has 17 heavy (non-hydrogen) atoms. The van der Waals surface area contributed by atoms with Crippen molar-refractivity contribution in [1.82, 2.24) is 0 Å². The highest BCUT2D eigenvalue weighted by Gasteiger charge is 2.03. The lowest BCUT2D eigenvalue weighted by molar-refractivity contribution is 0.416. The fraction of sp³-hybridized carbons (Fsp3) is 0.200. The van der Waals surface area contributed by atoms with Crippen LogP contribution in [0.1, 0.15) is 12.5 Å². The number of para-hydroxylation sites is 1. The molecule has 0 spiro atoms. The van der Waals surface area contributed by atoms with E-state index in [9.17, 15) is 0 Å². The smallest absolute Gasteiger partial charge is 0.142 e. The van der Waals surface area contributed by atoms with Crippen LogP contribution in [0.15, 0.2) is 48.5 Å². The largest absolute Gasteiger partial charge is 0.495 e. The van der Waals surface area contributed by atoms with Gasteiger partial charge < -0.3 is 10.1 Å². The Balaban J connectivity index is 2.26. The van der Waals surface area contributed by atoms with Gasteiger partial charge in [0.05, 0.1) is 12.8 Å². The Morgan fingerprint density at radius 3 is 2.47 bits per heavy atom. The number of aryl methyl sites for hydroxylation is 1. The molecular weight excluding hydrogens is 210 g/mol. The molecule has 0 atom stereocenters. The summed E-state index contributed by atoms with van der Waals surface area (Å²) in [5.74, 6) is 0.883. The Bertz CT molecular complexity index is 480. The van der Waals surface area contributed by atoms with Crippen molar-refractivity contribution >= 4 is 11.4 Å². The second-order valence-electron chi connectivity index (χ2n) is 3.88. The standard InChI is InChI=1S/C15H17NO/c1-3-12-9-10-14(15(11-12)17-2)16-13-7-5-4-6-8-13/h4-11,16H,3H2,1-2H3. The molecule has 0 amide bonds. The van der Waals surface area contributed by atoms with Gasteiger partial charge in [0.2, 0.25) is 0 Å². The van der Waals surface area contributed by atoms with Gasteiger partial charge in [-0.3, -0.25) is 0 Å². The second kappa shape index (κ2) is 5.39. The van der Waals surface area contributed by atoms with Gasteiger partial charge in [-0.15, -0.1) is 0 Å². The lowest BCUT2D eigenvalue weighted by Gasteiger charge is -2.12. The molecule has 0 aliphatic rings. The third kappa shape index (κ3) is 2.78. The third-order valence-corrected chi connectivity index (χ3v) is 2.73. The van der Waals surface area contributed by atoms with Crippen LogP contribution < -0.4 is 10.1 Å². The molecule has 0 bridgehead atoms. The van der Waals surface area contributed by atoms with E-state index < -0.39 is 0 Å². The van der Waals surface area contributed by atoms with E-state index in [0.29, 0.717) is 0 Å². The molecule has 2 aromatic carbocycles. The maximum atomic E-state index is 5.40. The molecule has 0 saturated carbocycles. The van der Waals surface area contributed by atoms with Crippen molar-refractivity contribution < 1.29 is 4.74 Å². The van der Waals surface area contributed by atoms with Crippen molar-refractivity contribution in [3.05, 3.63) is 54.1 Å². The van der Waals surface area contributed by atoms with E-state index in [1.54, 1.807) is 7.11 Å². The predicted molar refractivity (Wildman–Crippen MR) is 72.1 cm³/mol. The number of methoxy groups -OCH3 is 1. The Hall–Kier alpha value is -1.96. The molecule has 2 nitrogen and oxygen atoms in total. The van der Waals surface area contributed by atoms with Gasteiger partial charge in [-0.2, -0.15) is 0 Å². The molecule has 2 rings (SSSR count). The van der Waals surface area contributed by atoms with Crippen LogP contribution in [-0.2, 0) is 6.42 Å². The van der Waals surface area contributed by atoms with Crippen LogP contribution in [0.5, 0.6) is 5.75 Å². The lowest BCUT2D eigenvalue weighted by atomic mass is 10.1. The van der Waals surface area contributed by atoms with E-state index in [-0.39, 0.29) is 0 Å². The zero-order chi connectivity index (χ0) is 12.1. The number of hydrogen-bond acceptors (Lipinski definition) is 2. The Morgan fingerprint density at radius 1 is 1.06 bits per heavy atom. The minimum Gasteiger partial charge on any atom is -0.495 e. The molecule has 88 valence electrons. The summed E-state index contributed by atoms with van der Waals surface area (Å²) < 4.78 is 5.40. The molecule has 0 radical (unpaired) electrons. The van der Waals surface area contributed by atoms with Crippen molar-refractivity contribution in [1.29, 1.82) is 0 Å². The minimum absolute atomic E-state index is 0.883. The van der Waals surface area contributed by atoms with E-state index in [4.69, 9.17) is 4.74 Å². The fourth-order valence-electron chi connectivity index (χ4n) is 1.74. The van der Waals surface area contributed by atoms with Crippen LogP contribution in [0.2, 0.25) is 0 Å². The summed E-state index contributed by atoms with van der Waals surface area (Å²) in [6.45, 7) is 2.14. The SMILES string of the molecule is CCc1ccc(Nc2ccccc2)c(OC)c1. The summed E-state index contributed by atoms with van der Waals surface area (Å²) in [6.07, 6.45) is 1.02. The van der Waals surface area contributed by atoms with Gasteiger partial charge >= 0.3 is 0 Å². The molecule has 0 aliphatic heterocycles. The second-order valence-corrected chi connectivity index (χ2v) is 3.88. The third-order valence-electron chi connectivity index (χ3n) is 2.73. The van der Waals surface area contributed by atoms with Crippen molar-refractivity contribution in [2.24, 2.45) is 0 Å². The highest BCUT2D eigenvalue weighted by atomic mass is 16.5. The Labute approximate surface area is 102 Å². The van der Waals surface area contributed by atoms with Gasteiger partial charge in [-0.1, -0.05) is 31.2 Å². The fourth-order valence-corrected chi connectivity index (χ4v) is 1.74. The van der Waals surface area contributed by atoms with Crippen LogP contribution in [0.4, 0.5) is 11.4 Å². The van der Waals surface area contributed by atoms with Crippen LogP contribution in [0, 0.1) is 0 Å². The molecular formula is C15H17NO. The predicted octanol–water partition coefficient (Wildman–Crippen LogP) is 4.00. The van der Waals surface area contributed by atoms with Crippen LogP contribution >= 0.6 is 0 Å². The zero-order valence-corrected chi connectivity index (χ0v) is 10.2. The zero-order valence-electron chi connectivity index (χ0n) is 10.2. The molecule has 0 aromatic heterocycles.